The molecule has 1 rings (SSSR count). The SMILES string of the molecule is CCCCCCCCOC(=O)c1cncc(C)c1. The van der Waals surface area contributed by atoms with E-state index in [1.54, 1.807) is 18.5 Å². The Bertz CT molecular complexity index is 363. The summed E-state index contributed by atoms with van der Waals surface area (Å²) in [5, 5.41) is 0. The van der Waals surface area contributed by atoms with Gasteiger partial charge in [-0.3, -0.25) is 4.98 Å². The van der Waals surface area contributed by atoms with Crippen molar-refractivity contribution in [1.29, 1.82) is 0 Å². The zero-order chi connectivity index (χ0) is 13.2. The van der Waals surface area contributed by atoms with Gasteiger partial charge in [0.05, 0.1) is 12.2 Å². The summed E-state index contributed by atoms with van der Waals surface area (Å²) in [6.45, 7) is 4.63. The Morgan fingerprint density at radius 1 is 1.17 bits per heavy atom. The predicted octanol–water partition coefficient (Wildman–Crippen LogP) is 3.91. The molecule has 3 nitrogen and oxygen atoms in total. The third-order valence-electron chi connectivity index (χ3n) is 2.84. The normalized spacial score (nSPS) is 10.3. The minimum absolute atomic E-state index is 0.264. The van der Waals surface area contributed by atoms with Crippen LogP contribution in [0.3, 0.4) is 0 Å². The molecular weight excluding hydrogens is 226 g/mol. The second-order valence-corrected chi connectivity index (χ2v) is 4.65. The standard InChI is InChI=1S/C15H23NO2/c1-3-4-5-6-7-8-9-18-15(17)14-10-13(2)11-16-12-14/h10-12H,3-9H2,1-2H3. The van der Waals surface area contributed by atoms with Gasteiger partial charge < -0.3 is 4.74 Å². The molecule has 0 amide bonds. The van der Waals surface area contributed by atoms with Gasteiger partial charge in [-0.2, -0.15) is 0 Å². The summed E-state index contributed by atoms with van der Waals surface area (Å²) in [5.41, 5.74) is 1.52. The van der Waals surface area contributed by atoms with Gasteiger partial charge >= 0.3 is 5.97 Å². The van der Waals surface area contributed by atoms with Crippen LogP contribution in [0.2, 0.25) is 0 Å². The molecule has 1 aromatic heterocycles. The lowest BCUT2D eigenvalue weighted by atomic mass is 10.1. The van der Waals surface area contributed by atoms with Gasteiger partial charge in [-0.1, -0.05) is 39.0 Å². The molecule has 1 aromatic rings. The van der Waals surface area contributed by atoms with Crippen molar-refractivity contribution in [1.82, 2.24) is 4.98 Å². The lowest BCUT2D eigenvalue weighted by Crippen LogP contribution is -2.07. The quantitative estimate of drug-likeness (QED) is 0.518. The van der Waals surface area contributed by atoms with Gasteiger partial charge in [0.1, 0.15) is 0 Å². The maximum absolute atomic E-state index is 11.7. The van der Waals surface area contributed by atoms with Crippen molar-refractivity contribution in [2.24, 2.45) is 0 Å². The molecular formula is C15H23NO2. The van der Waals surface area contributed by atoms with Crippen molar-refractivity contribution in [2.75, 3.05) is 6.61 Å². The lowest BCUT2D eigenvalue weighted by molar-refractivity contribution is 0.0497. The molecule has 0 radical (unpaired) electrons. The van der Waals surface area contributed by atoms with Gasteiger partial charge in [0.15, 0.2) is 0 Å². The third-order valence-corrected chi connectivity index (χ3v) is 2.84. The molecule has 0 aromatic carbocycles. The van der Waals surface area contributed by atoms with E-state index in [0.717, 1.165) is 18.4 Å². The number of hydrogen-bond acceptors (Lipinski definition) is 3. The molecule has 0 N–H and O–H groups in total. The van der Waals surface area contributed by atoms with Crippen LogP contribution in [-0.4, -0.2) is 17.6 Å². The minimum Gasteiger partial charge on any atom is -0.462 e. The van der Waals surface area contributed by atoms with E-state index in [9.17, 15) is 4.79 Å². The molecule has 0 fully saturated rings. The van der Waals surface area contributed by atoms with Crippen LogP contribution in [0.5, 0.6) is 0 Å². The Morgan fingerprint density at radius 2 is 1.89 bits per heavy atom. The summed E-state index contributed by atoms with van der Waals surface area (Å²) in [4.78, 5) is 15.7. The van der Waals surface area contributed by atoms with Crippen LogP contribution in [0.15, 0.2) is 18.5 Å². The number of rotatable bonds is 8. The highest BCUT2D eigenvalue weighted by Gasteiger charge is 2.06. The van der Waals surface area contributed by atoms with E-state index in [4.69, 9.17) is 4.74 Å². The fourth-order valence-electron chi connectivity index (χ4n) is 1.80. The average Bonchev–Trinajstić information content (AvgIpc) is 2.37. The number of ether oxygens (including phenoxy) is 1. The van der Waals surface area contributed by atoms with E-state index >= 15 is 0 Å². The van der Waals surface area contributed by atoms with E-state index in [1.165, 1.54) is 25.7 Å². The summed E-state index contributed by atoms with van der Waals surface area (Å²) in [7, 11) is 0. The second-order valence-electron chi connectivity index (χ2n) is 4.65. The van der Waals surface area contributed by atoms with Gasteiger partial charge in [0.2, 0.25) is 0 Å². The van der Waals surface area contributed by atoms with Crippen LogP contribution >= 0.6 is 0 Å². The van der Waals surface area contributed by atoms with Crippen molar-refractivity contribution in [3.8, 4) is 0 Å². The highest BCUT2D eigenvalue weighted by atomic mass is 16.5. The monoisotopic (exact) mass is 249 g/mol. The Balaban J connectivity index is 2.14. The number of esters is 1. The average molecular weight is 249 g/mol. The zero-order valence-corrected chi connectivity index (χ0v) is 11.4. The van der Waals surface area contributed by atoms with Gasteiger partial charge in [-0.15, -0.1) is 0 Å². The molecule has 0 spiro atoms. The number of pyridine rings is 1. The summed E-state index contributed by atoms with van der Waals surface area (Å²) >= 11 is 0. The number of unbranched alkanes of at least 4 members (excludes halogenated alkanes) is 5. The van der Waals surface area contributed by atoms with Crippen molar-refractivity contribution in [2.45, 2.75) is 52.4 Å². The number of nitrogens with zero attached hydrogens (tertiary/aromatic N) is 1. The molecule has 0 saturated carbocycles. The molecule has 0 aliphatic rings. The lowest BCUT2D eigenvalue weighted by Gasteiger charge is -2.05. The zero-order valence-electron chi connectivity index (χ0n) is 11.4. The van der Waals surface area contributed by atoms with E-state index in [0.29, 0.717) is 12.2 Å². The topological polar surface area (TPSA) is 39.2 Å². The fourth-order valence-corrected chi connectivity index (χ4v) is 1.80. The van der Waals surface area contributed by atoms with Crippen molar-refractivity contribution in [3.05, 3.63) is 29.6 Å². The van der Waals surface area contributed by atoms with Crippen molar-refractivity contribution >= 4 is 5.97 Å². The summed E-state index contributed by atoms with van der Waals surface area (Å²) < 4.78 is 5.21. The summed E-state index contributed by atoms with van der Waals surface area (Å²) in [6.07, 6.45) is 10.4. The number of hydrogen-bond donors (Lipinski definition) is 0. The van der Waals surface area contributed by atoms with E-state index < -0.39 is 0 Å². The van der Waals surface area contributed by atoms with Gasteiger partial charge in [-0.25, -0.2) is 4.79 Å². The second kappa shape index (κ2) is 8.67. The van der Waals surface area contributed by atoms with Crippen LogP contribution in [0.1, 0.15) is 61.4 Å². The molecule has 0 unspecified atom stereocenters. The first-order valence-electron chi connectivity index (χ1n) is 6.83. The van der Waals surface area contributed by atoms with Crippen LogP contribution < -0.4 is 0 Å². The highest BCUT2D eigenvalue weighted by molar-refractivity contribution is 5.89. The Kier molecular flexibility index (Phi) is 7.07. The van der Waals surface area contributed by atoms with Gasteiger partial charge in [-0.05, 0) is 25.0 Å². The molecule has 1 heterocycles. The third kappa shape index (κ3) is 5.80. The summed E-state index contributed by atoms with van der Waals surface area (Å²) in [5.74, 6) is -0.264. The Hall–Kier alpha value is -1.38. The maximum atomic E-state index is 11.7. The molecule has 0 saturated heterocycles. The Morgan fingerprint density at radius 3 is 2.61 bits per heavy atom. The Labute approximate surface area is 110 Å². The number of aryl methyl sites for hydroxylation is 1. The molecule has 3 heteroatoms. The number of aromatic nitrogens is 1. The van der Waals surface area contributed by atoms with Crippen LogP contribution in [-0.2, 0) is 4.74 Å². The first-order valence-corrected chi connectivity index (χ1v) is 6.83. The van der Waals surface area contributed by atoms with Crippen molar-refractivity contribution < 1.29 is 9.53 Å². The van der Waals surface area contributed by atoms with Crippen LogP contribution in [0, 0.1) is 6.92 Å². The predicted molar refractivity (Wildman–Crippen MR) is 72.6 cm³/mol. The molecule has 0 atom stereocenters. The fraction of sp³-hybridized carbons (Fsp3) is 0.600. The van der Waals surface area contributed by atoms with Crippen molar-refractivity contribution in [3.63, 3.8) is 0 Å². The van der Waals surface area contributed by atoms with E-state index in [-0.39, 0.29) is 5.97 Å². The molecule has 18 heavy (non-hydrogen) atoms. The number of carbonyl (C=O) groups is 1. The van der Waals surface area contributed by atoms with Gasteiger partial charge in [0, 0.05) is 12.4 Å². The first-order chi connectivity index (χ1) is 8.74. The largest absolute Gasteiger partial charge is 0.462 e. The molecule has 0 aliphatic carbocycles. The highest BCUT2D eigenvalue weighted by Crippen LogP contribution is 2.07. The van der Waals surface area contributed by atoms with E-state index in [1.807, 2.05) is 6.92 Å². The smallest absolute Gasteiger partial charge is 0.339 e. The molecule has 100 valence electrons. The van der Waals surface area contributed by atoms with Crippen LogP contribution in [0.4, 0.5) is 0 Å². The van der Waals surface area contributed by atoms with E-state index in [2.05, 4.69) is 11.9 Å². The number of carbonyl (C=O) groups excluding carboxylic acids is 1. The van der Waals surface area contributed by atoms with Crippen LogP contribution in [0.25, 0.3) is 0 Å². The molecule has 0 bridgehead atoms. The van der Waals surface area contributed by atoms with Gasteiger partial charge in [0.25, 0.3) is 0 Å². The first kappa shape index (κ1) is 14.7. The minimum atomic E-state index is -0.264. The summed E-state index contributed by atoms with van der Waals surface area (Å²) in [6, 6.07) is 1.80. The molecule has 0 aliphatic heterocycles. The maximum Gasteiger partial charge on any atom is 0.339 e.